The van der Waals surface area contributed by atoms with Crippen molar-refractivity contribution in [1.29, 1.82) is 0 Å². The van der Waals surface area contributed by atoms with Gasteiger partial charge in [-0.15, -0.1) is 0 Å². The topological polar surface area (TPSA) is 69.7 Å². The number of nitrogens with zero attached hydrogens (tertiary/aromatic N) is 2. The molecule has 0 unspecified atom stereocenters. The van der Waals surface area contributed by atoms with Crippen molar-refractivity contribution in [2.45, 2.75) is 38.3 Å². The Morgan fingerprint density at radius 3 is 2.40 bits per heavy atom. The molecule has 7 heteroatoms. The van der Waals surface area contributed by atoms with E-state index in [1.165, 1.54) is 4.90 Å². The first-order valence-electron chi connectivity index (χ1n) is 10.1. The maximum atomic E-state index is 13.1. The van der Waals surface area contributed by atoms with E-state index in [1.54, 1.807) is 29.2 Å². The summed E-state index contributed by atoms with van der Waals surface area (Å²) in [5, 5.41) is 3.50. The Morgan fingerprint density at radius 1 is 1.07 bits per heavy atom. The molecule has 0 atom stereocenters. The van der Waals surface area contributed by atoms with Gasteiger partial charge in [0.1, 0.15) is 5.54 Å². The van der Waals surface area contributed by atoms with E-state index in [9.17, 15) is 14.4 Å². The lowest BCUT2D eigenvalue weighted by Crippen LogP contribution is -2.56. The Labute approximate surface area is 180 Å². The molecule has 156 valence electrons. The number of urea groups is 1. The maximum Gasteiger partial charge on any atom is 0.325 e. The van der Waals surface area contributed by atoms with Gasteiger partial charge in [0.25, 0.3) is 5.91 Å². The number of hydrogen-bond acceptors (Lipinski definition) is 3. The molecular formula is C23H24ClN3O3. The Morgan fingerprint density at radius 2 is 1.73 bits per heavy atom. The lowest BCUT2D eigenvalue weighted by atomic mass is 9.87. The van der Waals surface area contributed by atoms with E-state index in [4.69, 9.17) is 11.6 Å². The summed E-state index contributed by atoms with van der Waals surface area (Å²) in [6.07, 6.45) is 1.20. The van der Waals surface area contributed by atoms with Crippen LogP contribution in [0.4, 0.5) is 4.79 Å². The second kappa shape index (κ2) is 8.11. The number of likely N-dealkylation sites (tertiary alicyclic amines) is 1. The van der Waals surface area contributed by atoms with Crippen molar-refractivity contribution in [3.8, 4) is 0 Å². The lowest BCUT2D eigenvalue weighted by Gasteiger charge is -2.37. The second-order valence-corrected chi connectivity index (χ2v) is 8.45. The Bertz CT molecular complexity index is 981. The van der Waals surface area contributed by atoms with Gasteiger partial charge in [0.15, 0.2) is 0 Å². The maximum absolute atomic E-state index is 13.1. The number of carbonyl (C=O) groups is 3. The zero-order chi connectivity index (χ0) is 21.3. The van der Waals surface area contributed by atoms with Crippen molar-refractivity contribution in [1.82, 2.24) is 15.1 Å². The van der Waals surface area contributed by atoms with Gasteiger partial charge in [-0.2, -0.15) is 0 Å². The third kappa shape index (κ3) is 3.92. The van der Waals surface area contributed by atoms with Gasteiger partial charge in [0, 0.05) is 18.1 Å². The van der Waals surface area contributed by atoms with Crippen molar-refractivity contribution in [2.24, 2.45) is 0 Å². The number of carbonyl (C=O) groups excluding carboxylic acids is 3. The van der Waals surface area contributed by atoms with E-state index in [-0.39, 0.29) is 24.4 Å². The van der Waals surface area contributed by atoms with Crippen LogP contribution in [0.25, 0.3) is 0 Å². The average molecular weight is 426 g/mol. The summed E-state index contributed by atoms with van der Waals surface area (Å²) in [6, 6.07) is 14.6. The minimum atomic E-state index is -0.914. The fourth-order valence-corrected chi connectivity index (χ4v) is 4.28. The first-order chi connectivity index (χ1) is 14.4. The molecule has 2 fully saturated rings. The summed E-state index contributed by atoms with van der Waals surface area (Å²) < 4.78 is 0. The Kier molecular flexibility index (Phi) is 5.52. The van der Waals surface area contributed by atoms with Gasteiger partial charge < -0.3 is 10.2 Å². The molecule has 0 aliphatic carbocycles. The van der Waals surface area contributed by atoms with Crippen molar-refractivity contribution in [3.63, 3.8) is 0 Å². The summed E-state index contributed by atoms with van der Waals surface area (Å²) in [5.74, 6) is -0.164. The van der Waals surface area contributed by atoms with Crippen molar-refractivity contribution >= 4 is 29.4 Å². The number of imide groups is 1. The molecule has 2 heterocycles. The quantitative estimate of drug-likeness (QED) is 0.764. The van der Waals surface area contributed by atoms with E-state index in [2.05, 4.69) is 5.32 Å². The van der Waals surface area contributed by atoms with Crippen LogP contribution >= 0.6 is 11.6 Å². The third-order valence-corrected chi connectivity index (χ3v) is 6.32. The largest absolute Gasteiger partial charge is 0.342 e. The van der Waals surface area contributed by atoms with Crippen LogP contribution in [0.5, 0.6) is 0 Å². The van der Waals surface area contributed by atoms with Crippen LogP contribution in [-0.4, -0.2) is 46.3 Å². The fourth-order valence-electron chi connectivity index (χ4n) is 4.15. The van der Waals surface area contributed by atoms with Gasteiger partial charge in [-0.05, 0) is 48.6 Å². The molecule has 6 nitrogen and oxygen atoms in total. The predicted molar refractivity (Wildman–Crippen MR) is 114 cm³/mol. The third-order valence-electron chi connectivity index (χ3n) is 6.07. The van der Waals surface area contributed by atoms with E-state index in [0.29, 0.717) is 37.4 Å². The van der Waals surface area contributed by atoms with Gasteiger partial charge >= 0.3 is 6.03 Å². The number of amides is 4. The van der Waals surface area contributed by atoms with Crippen LogP contribution in [0, 0.1) is 6.92 Å². The number of piperidine rings is 1. The first kappa shape index (κ1) is 20.4. The molecule has 2 aromatic rings. The van der Waals surface area contributed by atoms with E-state index < -0.39 is 5.54 Å². The minimum absolute atomic E-state index is 0.0499. The van der Waals surface area contributed by atoms with Crippen LogP contribution in [0.3, 0.4) is 0 Å². The number of halogens is 1. The van der Waals surface area contributed by atoms with Crippen LogP contribution in [0.15, 0.2) is 48.5 Å². The highest BCUT2D eigenvalue weighted by Crippen LogP contribution is 2.31. The molecule has 0 bridgehead atoms. The van der Waals surface area contributed by atoms with Crippen molar-refractivity contribution in [3.05, 3.63) is 70.2 Å². The molecule has 0 radical (unpaired) electrons. The highest BCUT2D eigenvalue weighted by atomic mass is 35.5. The molecule has 2 saturated heterocycles. The zero-order valence-corrected chi connectivity index (χ0v) is 17.6. The molecule has 4 amide bonds. The van der Waals surface area contributed by atoms with Crippen LogP contribution in [0.2, 0.25) is 5.02 Å². The monoisotopic (exact) mass is 425 g/mol. The number of benzene rings is 2. The summed E-state index contributed by atoms with van der Waals surface area (Å²) in [7, 11) is 0. The number of nitrogens with one attached hydrogen (secondary N) is 1. The number of hydrogen-bond donors (Lipinski definition) is 1. The molecular weight excluding hydrogens is 402 g/mol. The van der Waals surface area contributed by atoms with Crippen molar-refractivity contribution < 1.29 is 14.4 Å². The SMILES string of the molecule is Cc1ccccc1CC(=O)N1CCC2(CC1)NC(=O)N(Cc1ccc(Cl)cc1)C2=O. The van der Waals surface area contributed by atoms with Crippen LogP contribution in [0.1, 0.15) is 29.5 Å². The smallest absolute Gasteiger partial charge is 0.325 e. The van der Waals surface area contributed by atoms with Gasteiger partial charge in [-0.25, -0.2) is 4.79 Å². The summed E-state index contributed by atoms with van der Waals surface area (Å²) in [5.41, 5.74) is 2.03. The normalized spacial score (nSPS) is 18.1. The van der Waals surface area contributed by atoms with E-state index >= 15 is 0 Å². The number of rotatable bonds is 4. The van der Waals surface area contributed by atoms with Gasteiger partial charge in [-0.3, -0.25) is 14.5 Å². The highest BCUT2D eigenvalue weighted by molar-refractivity contribution is 6.30. The average Bonchev–Trinajstić information content (AvgIpc) is 2.96. The van der Waals surface area contributed by atoms with Gasteiger partial charge in [-0.1, -0.05) is 48.0 Å². The lowest BCUT2D eigenvalue weighted by molar-refractivity contribution is -0.138. The van der Waals surface area contributed by atoms with E-state index in [0.717, 1.165) is 16.7 Å². The summed E-state index contributed by atoms with van der Waals surface area (Å²) in [6.45, 7) is 3.10. The minimum Gasteiger partial charge on any atom is -0.342 e. The molecule has 2 aromatic carbocycles. The first-order valence-corrected chi connectivity index (χ1v) is 10.5. The molecule has 2 aliphatic heterocycles. The molecule has 0 saturated carbocycles. The Hall–Kier alpha value is -2.86. The molecule has 30 heavy (non-hydrogen) atoms. The molecule has 4 rings (SSSR count). The zero-order valence-electron chi connectivity index (χ0n) is 16.9. The standard InChI is InChI=1S/C23H24ClN3O3/c1-16-4-2-3-5-18(16)14-20(28)26-12-10-23(11-13-26)21(29)27(22(30)25-23)15-17-6-8-19(24)9-7-17/h2-9H,10-15H2,1H3,(H,25,30). The Balaban J connectivity index is 1.39. The highest BCUT2D eigenvalue weighted by Gasteiger charge is 2.52. The fraction of sp³-hybridized carbons (Fsp3) is 0.348. The second-order valence-electron chi connectivity index (χ2n) is 8.01. The number of aryl methyl sites for hydroxylation is 1. The summed E-state index contributed by atoms with van der Waals surface area (Å²) in [4.78, 5) is 41.4. The predicted octanol–water partition coefficient (Wildman–Crippen LogP) is 3.30. The van der Waals surface area contributed by atoms with E-state index in [1.807, 2.05) is 31.2 Å². The van der Waals surface area contributed by atoms with Crippen LogP contribution < -0.4 is 5.32 Å². The molecule has 2 aliphatic rings. The summed E-state index contributed by atoms with van der Waals surface area (Å²) >= 11 is 5.91. The molecule has 1 N–H and O–H groups in total. The van der Waals surface area contributed by atoms with Gasteiger partial charge in [0.2, 0.25) is 5.91 Å². The van der Waals surface area contributed by atoms with Crippen molar-refractivity contribution in [2.75, 3.05) is 13.1 Å². The van der Waals surface area contributed by atoms with Gasteiger partial charge in [0.05, 0.1) is 13.0 Å². The molecule has 0 aromatic heterocycles. The van der Waals surface area contributed by atoms with Crippen LogP contribution in [-0.2, 0) is 22.6 Å². The molecule has 1 spiro atoms.